The number of hydrogen-bond donors (Lipinski definition) is 2. The van der Waals surface area contributed by atoms with Gasteiger partial charge in [-0.2, -0.15) is 0 Å². The molecule has 9 nitrogen and oxygen atoms in total. The number of pyridine rings is 1. The Morgan fingerprint density at radius 1 is 1.10 bits per heavy atom. The Morgan fingerprint density at radius 2 is 1.85 bits per heavy atom. The summed E-state index contributed by atoms with van der Waals surface area (Å²) >= 11 is 6.01. The predicted molar refractivity (Wildman–Crippen MR) is 157 cm³/mol. The molecule has 5 rings (SSSR count). The molecule has 11 heteroatoms. The number of aryl methyl sites for hydroxylation is 2. The van der Waals surface area contributed by atoms with Crippen LogP contribution in [-0.4, -0.2) is 30.1 Å². The summed E-state index contributed by atoms with van der Waals surface area (Å²) in [6.07, 6.45) is 2.85. The van der Waals surface area contributed by atoms with E-state index in [0.717, 1.165) is 28.3 Å². The third kappa shape index (κ3) is 5.20. The van der Waals surface area contributed by atoms with Crippen molar-refractivity contribution < 1.29 is 17.6 Å². The van der Waals surface area contributed by atoms with Crippen LogP contribution in [0.5, 0.6) is 0 Å². The molecular weight excluding hydrogens is 552 g/mol. The lowest BCUT2D eigenvalue weighted by Crippen LogP contribution is -2.31. The Labute approximate surface area is 235 Å². The molecule has 40 heavy (non-hydrogen) atoms. The highest BCUT2D eigenvalue weighted by atomic mass is 35.5. The fraction of sp³-hybridized carbons (Fsp3) is 0.207. The van der Waals surface area contributed by atoms with Gasteiger partial charge in [0.15, 0.2) is 11.1 Å². The number of carbonyl (C=O) groups is 1. The number of carbonyl (C=O) groups excluding carboxylic acids is 1. The Hall–Kier alpha value is -4.15. The SMILES string of the molecule is Cc1cc([C@@H](C)Nc2ccc(Cl)nc2C(=O)NS(C)(=O)=O)c2oc(-c3ccc4c(ccn4C)c3)c(C)c(=O)c2c1. The predicted octanol–water partition coefficient (Wildman–Crippen LogP) is 5.48. The average Bonchev–Trinajstić information content (AvgIpc) is 3.25. The summed E-state index contributed by atoms with van der Waals surface area (Å²) in [5.74, 6) is -0.448. The summed E-state index contributed by atoms with van der Waals surface area (Å²) in [6.45, 7) is 5.48. The van der Waals surface area contributed by atoms with Crippen LogP contribution in [0.1, 0.15) is 40.1 Å². The first-order valence-corrected chi connectivity index (χ1v) is 14.7. The zero-order chi connectivity index (χ0) is 28.9. The van der Waals surface area contributed by atoms with Crippen molar-refractivity contribution in [3.63, 3.8) is 0 Å². The van der Waals surface area contributed by atoms with Crippen LogP contribution in [0, 0.1) is 13.8 Å². The topological polar surface area (TPSA) is 123 Å². The van der Waals surface area contributed by atoms with Crippen LogP contribution < -0.4 is 15.5 Å². The number of halogens is 1. The molecule has 206 valence electrons. The highest BCUT2D eigenvalue weighted by Gasteiger charge is 2.22. The Balaban J connectivity index is 1.63. The number of aromatic nitrogens is 2. The molecule has 2 aromatic carbocycles. The number of sulfonamides is 1. The lowest BCUT2D eigenvalue weighted by molar-refractivity contribution is 0.0977. The number of nitrogens with zero attached hydrogens (tertiary/aromatic N) is 2. The van der Waals surface area contributed by atoms with E-state index in [1.54, 1.807) is 19.1 Å². The smallest absolute Gasteiger partial charge is 0.285 e. The average molecular weight is 579 g/mol. The van der Waals surface area contributed by atoms with Gasteiger partial charge in [-0.3, -0.25) is 9.59 Å². The highest BCUT2D eigenvalue weighted by Crippen LogP contribution is 2.34. The van der Waals surface area contributed by atoms with Crippen molar-refractivity contribution in [1.29, 1.82) is 0 Å². The number of amides is 1. The number of rotatable bonds is 6. The van der Waals surface area contributed by atoms with Crippen molar-refractivity contribution in [2.24, 2.45) is 7.05 Å². The molecular formula is C29H27ClN4O5S. The van der Waals surface area contributed by atoms with Crippen molar-refractivity contribution in [3.05, 3.63) is 92.5 Å². The fourth-order valence-corrected chi connectivity index (χ4v) is 5.42. The van der Waals surface area contributed by atoms with Gasteiger partial charge in [0.2, 0.25) is 10.0 Å². The Morgan fingerprint density at radius 3 is 2.58 bits per heavy atom. The summed E-state index contributed by atoms with van der Waals surface area (Å²) in [5, 5.41) is 4.71. The summed E-state index contributed by atoms with van der Waals surface area (Å²) in [5.41, 5.74) is 4.23. The van der Waals surface area contributed by atoms with Crippen LogP contribution in [-0.2, 0) is 17.1 Å². The second-order valence-corrected chi connectivity index (χ2v) is 12.1. The molecule has 0 bridgehead atoms. The molecule has 3 aromatic heterocycles. The zero-order valence-corrected chi connectivity index (χ0v) is 24.1. The van der Waals surface area contributed by atoms with Crippen LogP contribution in [0.15, 0.2) is 63.9 Å². The second-order valence-electron chi connectivity index (χ2n) is 9.92. The fourth-order valence-electron chi connectivity index (χ4n) is 4.84. The van der Waals surface area contributed by atoms with Gasteiger partial charge in [0.25, 0.3) is 5.91 Å². The molecule has 0 aliphatic heterocycles. The standard InChI is InChI=1S/C29H27ClN4O5S/c1-15-12-20(17(3)31-22-7-9-24(30)32-25(22)29(36)33-40(5,37)38)28-21(13-15)26(35)16(2)27(39-28)19-6-8-23-18(14-19)10-11-34(23)4/h6-14,17,31H,1-5H3,(H,33,36)/t17-/m1/s1. The summed E-state index contributed by atoms with van der Waals surface area (Å²) in [7, 11) is -1.86. The maximum atomic E-state index is 13.6. The number of hydrogen-bond acceptors (Lipinski definition) is 7. The minimum absolute atomic E-state index is 0.0272. The van der Waals surface area contributed by atoms with Crippen molar-refractivity contribution in [2.75, 3.05) is 11.6 Å². The summed E-state index contributed by atoms with van der Waals surface area (Å²) in [4.78, 5) is 30.3. The maximum absolute atomic E-state index is 13.6. The molecule has 3 heterocycles. The van der Waals surface area contributed by atoms with Gasteiger partial charge in [0.1, 0.15) is 16.5 Å². The van der Waals surface area contributed by atoms with E-state index in [1.165, 1.54) is 6.07 Å². The number of nitrogens with one attached hydrogen (secondary N) is 2. The lowest BCUT2D eigenvalue weighted by Gasteiger charge is -2.20. The van der Waals surface area contributed by atoms with Crippen molar-refractivity contribution in [3.8, 4) is 11.3 Å². The molecule has 2 N–H and O–H groups in total. The van der Waals surface area contributed by atoms with Crippen LogP contribution >= 0.6 is 11.6 Å². The van der Waals surface area contributed by atoms with E-state index in [9.17, 15) is 18.0 Å². The normalized spacial score (nSPS) is 12.6. The third-order valence-electron chi connectivity index (χ3n) is 6.73. The molecule has 5 aromatic rings. The molecule has 0 saturated carbocycles. The molecule has 0 fully saturated rings. The van der Waals surface area contributed by atoms with E-state index in [-0.39, 0.29) is 22.0 Å². The monoisotopic (exact) mass is 578 g/mol. The van der Waals surface area contributed by atoms with E-state index in [0.29, 0.717) is 27.9 Å². The molecule has 0 saturated heterocycles. The van der Waals surface area contributed by atoms with Crippen molar-refractivity contribution in [2.45, 2.75) is 26.8 Å². The van der Waals surface area contributed by atoms with Crippen LogP contribution in [0.2, 0.25) is 5.15 Å². The Bertz CT molecular complexity index is 2000. The second kappa shape index (κ2) is 10.1. The van der Waals surface area contributed by atoms with Crippen molar-refractivity contribution in [1.82, 2.24) is 14.3 Å². The van der Waals surface area contributed by atoms with Crippen LogP contribution in [0.4, 0.5) is 5.69 Å². The van der Waals surface area contributed by atoms with E-state index in [4.69, 9.17) is 16.0 Å². The van der Waals surface area contributed by atoms with Gasteiger partial charge in [-0.25, -0.2) is 18.1 Å². The first-order chi connectivity index (χ1) is 18.8. The lowest BCUT2D eigenvalue weighted by atomic mass is 9.98. The molecule has 0 unspecified atom stereocenters. The zero-order valence-electron chi connectivity index (χ0n) is 22.5. The summed E-state index contributed by atoms with van der Waals surface area (Å²) in [6, 6.07) is 14.2. The quantitative estimate of drug-likeness (QED) is 0.256. The van der Waals surface area contributed by atoms with Gasteiger partial charge in [-0.1, -0.05) is 17.7 Å². The number of benzene rings is 2. The van der Waals surface area contributed by atoms with Gasteiger partial charge in [0.05, 0.1) is 23.4 Å². The minimum Gasteiger partial charge on any atom is -0.455 e. The van der Waals surface area contributed by atoms with Gasteiger partial charge in [-0.05, 0) is 68.8 Å². The van der Waals surface area contributed by atoms with E-state index >= 15 is 0 Å². The van der Waals surface area contributed by atoms with Gasteiger partial charge >= 0.3 is 0 Å². The Kier molecular flexibility index (Phi) is 6.93. The van der Waals surface area contributed by atoms with E-state index < -0.39 is 22.0 Å². The molecule has 0 aliphatic rings. The number of fused-ring (bicyclic) bond motifs is 2. The molecule has 1 amide bonds. The minimum atomic E-state index is -3.83. The summed E-state index contributed by atoms with van der Waals surface area (Å²) < 4.78 is 33.7. The molecule has 1 atom stereocenters. The third-order valence-corrected chi connectivity index (χ3v) is 7.50. The largest absolute Gasteiger partial charge is 0.455 e. The maximum Gasteiger partial charge on any atom is 0.285 e. The van der Waals surface area contributed by atoms with E-state index in [1.807, 2.05) is 66.7 Å². The van der Waals surface area contributed by atoms with Crippen molar-refractivity contribution >= 4 is 55.1 Å². The first-order valence-electron chi connectivity index (χ1n) is 12.4. The molecule has 0 aliphatic carbocycles. The van der Waals surface area contributed by atoms with Crippen LogP contribution in [0.25, 0.3) is 33.2 Å². The van der Waals surface area contributed by atoms with Gasteiger partial charge < -0.3 is 14.3 Å². The van der Waals surface area contributed by atoms with Gasteiger partial charge in [0, 0.05) is 40.8 Å². The molecule has 0 spiro atoms. The molecule has 0 radical (unpaired) electrons. The number of anilines is 1. The van der Waals surface area contributed by atoms with Gasteiger partial charge in [-0.15, -0.1) is 0 Å². The van der Waals surface area contributed by atoms with E-state index in [2.05, 4.69) is 10.3 Å². The first kappa shape index (κ1) is 27.4. The highest BCUT2D eigenvalue weighted by molar-refractivity contribution is 7.89. The van der Waals surface area contributed by atoms with Crippen LogP contribution in [0.3, 0.4) is 0 Å².